The van der Waals surface area contributed by atoms with Crippen molar-refractivity contribution in [3.8, 4) is 0 Å². The number of aliphatic hydroxyl groups excluding tert-OH is 1. The number of benzene rings is 1. The molecular formula is C19H25N3O2. The van der Waals surface area contributed by atoms with Gasteiger partial charge in [-0.2, -0.15) is 5.10 Å². The molecule has 128 valence electrons. The number of carbonyl (C=O) groups is 1. The molecule has 1 N–H and O–H groups in total. The molecule has 1 amide bonds. The highest BCUT2D eigenvalue weighted by Gasteiger charge is 2.23. The zero-order valence-corrected chi connectivity index (χ0v) is 14.4. The number of aliphatic hydroxyl groups is 1. The normalized spacial score (nSPS) is 15.7. The van der Waals surface area contributed by atoms with E-state index in [-0.39, 0.29) is 12.5 Å². The molecule has 1 aromatic carbocycles. The lowest BCUT2D eigenvalue weighted by atomic mass is 9.97. The average molecular weight is 327 g/mol. The number of piperidine rings is 1. The summed E-state index contributed by atoms with van der Waals surface area (Å²) < 4.78 is 1.98. The standard InChI is InChI=1S/C19H25N3O2/c1-14-11-15(2)22(20-14)12-16-3-5-18(6-4-16)19(24)21-9-7-17(13-23)8-10-21/h3-6,11,17,23H,7-10,12-13H2,1-2H3. The van der Waals surface area contributed by atoms with E-state index >= 15 is 0 Å². The van der Waals surface area contributed by atoms with Crippen molar-refractivity contribution >= 4 is 5.91 Å². The van der Waals surface area contributed by atoms with Crippen LogP contribution in [-0.4, -0.2) is 45.4 Å². The third-order valence-corrected chi connectivity index (χ3v) is 4.80. The fourth-order valence-electron chi connectivity index (χ4n) is 3.26. The summed E-state index contributed by atoms with van der Waals surface area (Å²) in [5, 5.41) is 13.7. The molecule has 0 atom stereocenters. The smallest absolute Gasteiger partial charge is 0.253 e. The van der Waals surface area contributed by atoms with Gasteiger partial charge in [-0.15, -0.1) is 0 Å². The molecule has 5 nitrogen and oxygen atoms in total. The highest BCUT2D eigenvalue weighted by atomic mass is 16.3. The van der Waals surface area contributed by atoms with Gasteiger partial charge in [-0.1, -0.05) is 12.1 Å². The first kappa shape index (κ1) is 16.7. The predicted octanol–water partition coefficient (Wildman–Crippen LogP) is 2.39. The van der Waals surface area contributed by atoms with Gasteiger partial charge in [0.1, 0.15) is 0 Å². The molecule has 5 heteroatoms. The molecule has 3 rings (SSSR count). The Morgan fingerprint density at radius 2 is 1.88 bits per heavy atom. The number of hydrogen-bond donors (Lipinski definition) is 1. The van der Waals surface area contributed by atoms with Crippen molar-refractivity contribution < 1.29 is 9.90 Å². The van der Waals surface area contributed by atoms with E-state index in [1.807, 2.05) is 47.7 Å². The van der Waals surface area contributed by atoms with Crippen LogP contribution < -0.4 is 0 Å². The van der Waals surface area contributed by atoms with E-state index in [0.717, 1.165) is 55.0 Å². The van der Waals surface area contributed by atoms with Gasteiger partial charge in [0.25, 0.3) is 5.91 Å². The first-order valence-electron chi connectivity index (χ1n) is 8.57. The van der Waals surface area contributed by atoms with Crippen LogP contribution in [0, 0.1) is 19.8 Å². The molecule has 2 aromatic rings. The number of carbonyl (C=O) groups excluding carboxylic acids is 1. The molecule has 2 heterocycles. The summed E-state index contributed by atoms with van der Waals surface area (Å²) >= 11 is 0. The highest BCUT2D eigenvalue weighted by Crippen LogP contribution is 2.19. The Hall–Kier alpha value is -2.14. The third kappa shape index (κ3) is 3.67. The van der Waals surface area contributed by atoms with E-state index < -0.39 is 0 Å². The van der Waals surface area contributed by atoms with Crippen LogP contribution in [0.15, 0.2) is 30.3 Å². The molecule has 0 saturated carbocycles. The van der Waals surface area contributed by atoms with Crippen molar-refractivity contribution in [3.05, 3.63) is 52.8 Å². The maximum Gasteiger partial charge on any atom is 0.253 e. The number of aromatic nitrogens is 2. The fourth-order valence-corrected chi connectivity index (χ4v) is 3.26. The van der Waals surface area contributed by atoms with Gasteiger partial charge in [-0.25, -0.2) is 0 Å². The summed E-state index contributed by atoms with van der Waals surface area (Å²) in [6, 6.07) is 9.88. The van der Waals surface area contributed by atoms with E-state index in [0.29, 0.717) is 5.92 Å². The Morgan fingerprint density at radius 3 is 2.42 bits per heavy atom. The number of amides is 1. The van der Waals surface area contributed by atoms with Crippen molar-refractivity contribution in [2.45, 2.75) is 33.2 Å². The molecule has 1 saturated heterocycles. The van der Waals surface area contributed by atoms with Crippen LogP contribution in [0.25, 0.3) is 0 Å². The second-order valence-electron chi connectivity index (χ2n) is 6.70. The van der Waals surface area contributed by atoms with Crippen molar-refractivity contribution in [1.29, 1.82) is 0 Å². The molecule has 1 aliphatic rings. The summed E-state index contributed by atoms with van der Waals surface area (Å²) in [5.41, 5.74) is 4.02. The lowest BCUT2D eigenvalue weighted by Gasteiger charge is -2.31. The molecule has 0 bridgehead atoms. The Balaban J connectivity index is 1.64. The van der Waals surface area contributed by atoms with Crippen LogP contribution in [0.1, 0.15) is 40.2 Å². The molecular weight excluding hydrogens is 302 g/mol. The maximum absolute atomic E-state index is 12.6. The summed E-state index contributed by atoms with van der Waals surface area (Å²) in [4.78, 5) is 14.5. The number of nitrogens with zero attached hydrogens (tertiary/aromatic N) is 3. The first-order valence-corrected chi connectivity index (χ1v) is 8.57. The molecule has 0 radical (unpaired) electrons. The summed E-state index contributed by atoms with van der Waals surface area (Å²) in [6.45, 7) is 6.45. The molecule has 0 unspecified atom stereocenters. The topological polar surface area (TPSA) is 58.4 Å². The zero-order chi connectivity index (χ0) is 17.1. The zero-order valence-electron chi connectivity index (χ0n) is 14.4. The lowest BCUT2D eigenvalue weighted by Crippen LogP contribution is -2.39. The number of likely N-dealkylation sites (tertiary alicyclic amines) is 1. The molecule has 1 aliphatic heterocycles. The van der Waals surface area contributed by atoms with Crippen LogP contribution in [0.2, 0.25) is 0 Å². The van der Waals surface area contributed by atoms with Crippen molar-refractivity contribution in [3.63, 3.8) is 0 Å². The lowest BCUT2D eigenvalue weighted by molar-refractivity contribution is 0.0651. The van der Waals surface area contributed by atoms with Gasteiger partial charge in [-0.05, 0) is 56.4 Å². The summed E-state index contributed by atoms with van der Waals surface area (Å²) in [7, 11) is 0. The van der Waals surface area contributed by atoms with Gasteiger partial charge in [-0.3, -0.25) is 9.48 Å². The highest BCUT2D eigenvalue weighted by molar-refractivity contribution is 5.94. The minimum atomic E-state index is 0.0871. The number of aryl methyl sites for hydroxylation is 2. The SMILES string of the molecule is Cc1cc(C)n(Cc2ccc(C(=O)N3CCC(CO)CC3)cc2)n1. The van der Waals surface area contributed by atoms with E-state index in [2.05, 4.69) is 11.2 Å². The van der Waals surface area contributed by atoms with Gasteiger partial charge in [0, 0.05) is 31.0 Å². The second-order valence-corrected chi connectivity index (χ2v) is 6.70. The van der Waals surface area contributed by atoms with Gasteiger partial charge >= 0.3 is 0 Å². The van der Waals surface area contributed by atoms with Crippen LogP contribution in [0.5, 0.6) is 0 Å². The van der Waals surface area contributed by atoms with Crippen molar-refractivity contribution in [2.24, 2.45) is 5.92 Å². The van der Waals surface area contributed by atoms with Gasteiger partial charge in [0.2, 0.25) is 0 Å². The number of hydrogen-bond acceptors (Lipinski definition) is 3. The molecule has 0 spiro atoms. The van der Waals surface area contributed by atoms with Crippen molar-refractivity contribution in [1.82, 2.24) is 14.7 Å². The predicted molar refractivity (Wildman–Crippen MR) is 93.0 cm³/mol. The van der Waals surface area contributed by atoms with Gasteiger partial charge < -0.3 is 10.0 Å². The van der Waals surface area contributed by atoms with Gasteiger partial charge in [0.15, 0.2) is 0 Å². The Labute approximate surface area is 142 Å². The maximum atomic E-state index is 12.6. The second kappa shape index (κ2) is 7.18. The summed E-state index contributed by atoms with van der Waals surface area (Å²) in [5.74, 6) is 0.432. The molecule has 1 fully saturated rings. The minimum Gasteiger partial charge on any atom is -0.396 e. The van der Waals surface area contributed by atoms with E-state index in [4.69, 9.17) is 0 Å². The quantitative estimate of drug-likeness (QED) is 0.938. The monoisotopic (exact) mass is 327 g/mol. The third-order valence-electron chi connectivity index (χ3n) is 4.80. The van der Waals surface area contributed by atoms with E-state index in [1.54, 1.807) is 0 Å². The summed E-state index contributed by atoms with van der Waals surface area (Å²) in [6.07, 6.45) is 1.77. The largest absolute Gasteiger partial charge is 0.396 e. The first-order chi connectivity index (χ1) is 11.6. The van der Waals surface area contributed by atoms with E-state index in [9.17, 15) is 9.90 Å². The van der Waals surface area contributed by atoms with Crippen LogP contribution >= 0.6 is 0 Å². The van der Waals surface area contributed by atoms with E-state index in [1.165, 1.54) is 0 Å². The number of rotatable bonds is 4. The molecule has 24 heavy (non-hydrogen) atoms. The fraction of sp³-hybridized carbons (Fsp3) is 0.474. The molecule has 0 aliphatic carbocycles. The Morgan fingerprint density at radius 1 is 1.21 bits per heavy atom. The minimum absolute atomic E-state index is 0.0871. The van der Waals surface area contributed by atoms with Crippen LogP contribution in [-0.2, 0) is 6.54 Å². The van der Waals surface area contributed by atoms with Crippen molar-refractivity contribution in [2.75, 3.05) is 19.7 Å². The van der Waals surface area contributed by atoms with Crippen LogP contribution in [0.4, 0.5) is 0 Å². The molecule has 1 aromatic heterocycles. The Kier molecular flexibility index (Phi) is 5.00. The van der Waals surface area contributed by atoms with Crippen LogP contribution in [0.3, 0.4) is 0 Å². The average Bonchev–Trinajstić information content (AvgIpc) is 2.92. The van der Waals surface area contributed by atoms with Gasteiger partial charge in [0.05, 0.1) is 12.2 Å². The Bertz CT molecular complexity index is 698.